The van der Waals surface area contributed by atoms with Crippen molar-refractivity contribution in [2.75, 3.05) is 20.1 Å². The summed E-state index contributed by atoms with van der Waals surface area (Å²) in [6.45, 7) is 6.45. The van der Waals surface area contributed by atoms with E-state index in [1.165, 1.54) is 13.1 Å². The molecule has 3 nitrogen and oxygen atoms in total. The van der Waals surface area contributed by atoms with E-state index < -0.39 is 5.97 Å². The first-order chi connectivity index (χ1) is 7.66. The zero-order chi connectivity index (χ0) is 12.1. The fourth-order valence-electron chi connectivity index (χ4n) is 2.88. The van der Waals surface area contributed by atoms with Crippen LogP contribution in [-0.4, -0.2) is 36.1 Å². The Labute approximate surface area is 98.8 Å². The first-order valence-electron chi connectivity index (χ1n) is 6.58. The Kier molecular flexibility index (Phi) is 5.26. The lowest BCUT2D eigenvalue weighted by Crippen LogP contribution is -2.48. The van der Waals surface area contributed by atoms with Crippen LogP contribution in [0.2, 0.25) is 0 Å². The van der Waals surface area contributed by atoms with Gasteiger partial charge in [-0.15, -0.1) is 0 Å². The Bertz CT molecular complexity index is 216. The van der Waals surface area contributed by atoms with Crippen LogP contribution in [0.4, 0.5) is 0 Å². The standard InChI is InChI=1S/C11H19NO2.C2H6/c1-12-6-10(7-12)8-2-4-9(5-3-8)11(13)14;1-2/h8-10H,2-7H2,1H3,(H,13,14);1-2H3. The highest BCUT2D eigenvalue weighted by Gasteiger charge is 2.35. The minimum Gasteiger partial charge on any atom is -0.481 e. The van der Waals surface area contributed by atoms with Crippen LogP contribution >= 0.6 is 0 Å². The average Bonchev–Trinajstić information content (AvgIpc) is 2.28. The molecule has 2 fully saturated rings. The third-order valence-corrected chi connectivity index (χ3v) is 3.88. The highest BCUT2D eigenvalue weighted by Crippen LogP contribution is 2.36. The van der Waals surface area contributed by atoms with E-state index in [4.69, 9.17) is 5.11 Å². The average molecular weight is 227 g/mol. The van der Waals surface area contributed by atoms with Crippen LogP contribution in [0.3, 0.4) is 0 Å². The highest BCUT2D eigenvalue weighted by molar-refractivity contribution is 5.69. The van der Waals surface area contributed by atoms with E-state index in [9.17, 15) is 4.79 Å². The molecule has 1 aliphatic heterocycles. The Morgan fingerprint density at radius 2 is 1.56 bits per heavy atom. The van der Waals surface area contributed by atoms with E-state index in [2.05, 4.69) is 11.9 Å². The molecule has 0 spiro atoms. The molecule has 1 saturated carbocycles. The van der Waals surface area contributed by atoms with Gasteiger partial charge in [-0.1, -0.05) is 13.8 Å². The fourth-order valence-corrected chi connectivity index (χ4v) is 2.88. The summed E-state index contributed by atoms with van der Waals surface area (Å²) in [4.78, 5) is 13.1. The predicted octanol–water partition coefficient (Wildman–Crippen LogP) is 2.47. The summed E-state index contributed by atoms with van der Waals surface area (Å²) in [5.41, 5.74) is 0. The molecule has 0 aromatic rings. The second kappa shape index (κ2) is 6.24. The molecule has 0 radical (unpaired) electrons. The summed E-state index contributed by atoms with van der Waals surface area (Å²) in [6, 6.07) is 0. The molecule has 2 aliphatic rings. The van der Waals surface area contributed by atoms with Gasteiger partial charge in [0.2, 0.25) is 0 Å². The second-order valence-corrected chi connectivity index (χ2v) is 4.93. The Morgan fingerprint density at radius 3 is 1.94 bits per heavy atom. The van der Waals surface area contributed by atoms with E-state index in [1.807, 2.05) is 13.8 Å². The maximum Gasteiger partial charge on any atom is 0.306 e. The SMILES string of the molecule is CC.CN1CC(C2CCC(C(=O)O)CC2)C1. The van der Waals surface area contributed by atoms with E-state index >= 15 is 0 Å². The van der Waals surface area contributed by atoms with Crippen LogP contribution in [0, 0.1) is 17.8 Å². The van der Waals surface area contributed by atoms with Gasteiger partial charge < -0.3 is 10.0 Å². The number of carboxylic acids is 1. The number of hydrogen-bond donors (Lipinski definition) is 1. The van der Waals surface area contributed by atoms with Crippen LogP contribution < -0.4 is 0 Å². The van der Waals surface area contributed by atoms with Crippen molar-refractivity contribution in [2.45, 2.75) is 39.5 Å². The number of hydrogen-bond acceptors (Lipinski definition) is 2. The predicted molar refractivity (Wildman–Crippen MR) is 65.4 cm³/mol. The van der Waals surface area contributed by atoms with Crippen LogP contribution in [0.25, 0.3) is 0 Å². The third-order valence-electron chi connectivity index (χ3n) is 3.88. The summed E-state index contributed by atoms with van der Waals surface area (Å²) in [5.74, 6) is 1.02. The molecule has 0 amide bonds. The van der Waals surface area contributed by atoms with Crippen molar-refractivity contribution in [3.05, 3.63) is 0 Å². The molecule has 1 heterocycles. The molecular weight excluding hydrogens is 202 g/mol. The van der Waals surface area contributed by atoms with Crippen molar-refractivity contribution < 1.29 is 9.90 Å². The summed E-state index contributed by atoms with van der Waals surface area (Å²) in [7, 11) is 2.15. The van der Waals surface area contributed by atoms with E-state index in [0.29, 0.717) is 0 Å². The smallest absolute Gasteiger partial charge is 0.306 e. The topological polar surface area (TPSA) is 40.5 Å². The van der Waals surface area contributed by atoms with E-state index in [-0.39, 0.29) is 5.92 Å². The lowest BCUT2D eigenvalue weighted by Gasteiger charge is -2.43. The summed E-state index contributed by atoms with van der Waals surface area (Å²) < 4.78 is 0. The van der Waals surface area contributed by atoms with Crippen molar-refractivity contribution in [3.63, 3.8) is 0 Å². The van der Waals surface area contributed by atoms with E-state index in [0.717, 1.165) is 37.5 Å². The molecule has 16 heavy (non-hydrogen) atoms. The zero-order valence-corrected chi connectivity index (χ0v) is 10.8. The van der Waals surface area contributed by atoms with Gasteiger partial charge >= 0.3 is 5.97 Å². The van der Waals surface area contributed by atoms with Gasteiger partial charge in [0.1, 0.15) is 0 Å². The number of carbonyl (C=O) groups is 1. The van der Waals surface area contributed by atoms with Gasteiger partial charge in [-0.25, -0.2) is 0 Å². The van der Waals surface area contributed by atoms with Crippen LogP contribution in [0.1, 0.15) is 39.5 Å². The number of carboxylic acid groups (broad SMARTS) is 1. The van der Waals surface area contributed by atoms with Crippen molar-refractivity contribution in [2.24, 2.45) is 17.8 Å². The summed E-state index contributed by atoms with van der Waals surface area (Å²) >= 11 is 0. The van der Waals surface area contributed by atoms with E-state index in [1.54, 1.807) is 0 Å². The molecular formula is C13H25NO2. The largest absolute Gasteiger partial charge is 0.481 e. The van der Waals surface area contributed by atoms with Gasteiger partial charge in [0.05, 0.1) is 5.92 Å². The Hall–Kier alpha value is -0.570. The first kappa shape index (κ1) is 13.5. The number of likely N-dealkylation sites (tertiary alicyclic amines) is 1. The highest BCUT2D eigenvalue weighted by atomic mass is 16.4. The van der Waals surface area contributed by atoms with Gasteiger partial charge in [0, 0.05) is 13.1 Å². The van der Waals surface area contributed by atoms with Crippen molar-refractivity contribution in [1.82, 2.24) is 4.90 Å². The molecule has 1 saturated heterocycles. The quantitative estimate of drug-likeness (QED) is 0.788. The number of aliphatic carboxylic acids is 1. The molecule has 0 bridgehead atoms. The van der Waals surface area contributed by atoms with Gasteiger partial charge in [-0.3, -0.25) is 4.79 Å². The molecule has 94 valence electrons. The molecule has 0 aromatic carbocycles. The zero-order valence-electron chi connectivity index (χ0n) is 10.8. The van der Waals surface area contributed by atoms with Crippen LogP contribution in [0.5, 0.6) is 0 Å². The second-order valence-electron chi connectivity index (χ2n) is 4.93. The van der Waals surface area contributed by atoms with Crippen molar-refractivity contribution >= 4 is 5.97 Å². The molecule has 2 rings (SSSR count). The Balaban J connectivity index is 0.000000606. The lowest BCUT2D eigenvalue weighted by atomic mass is 9.73. The molecule has 0 aromatic heterocycles. The molecule has 0 unspecified atom stereocenters. The van der Waals surface area contributed by atoms with Crippen LogP contribution in [0.15, 0.2) is 0 Å². The number of rotatable bonds is 2. The minimum atomic E-state index is -0.589. The minimum absolute atomic E-state index is 0.0518. The third kappa shape index (κ3) is 3.21. The normalized spacial score (nSPS) is 31.2. The fraction of sp³-hybridized carbons (Fsp3) is 0.923. The molecule has 3 heteroatoms. The molecule has 0 atom stereocenters. The van der Waals surface area contributed by atoms with Gasteiger partial charge in [-0.2, -0.15) is 0 Å². The van der Waals surface area contributed by atoms with Gasteiger partial charge in [0.25, 0.3) is 0 Å². The Morgan fingerprint density at radius 1 is 1.06 bits per heavy atom. The van der Waals surface area contributed by atoms with Crippen molar-refractivity contribution in [1.29, 1.82) is 0 Å². The van der Waals surface area contributed by atoms with Crippen molar-refractivity contribution in [3.8, 4) is 0 Å². The monoisotopic (exact) mass is 227 g/mol. The lowest BCUT2D eigenvalue weighted by molar-refractivity contribution is -0.143. The van der Waals surface area contributed by atoms with Gasteiger partial charge in [0.15, 0.2) is 0 Å². The first-order valence-corrected chi connectivity index (χ1v) is 6.58. The van der Waals surface area contributed by atoms with Crippen LogP contribution in [-0.2, 0) is 4.79 Å². The maximum atomic E-state index is 10.8. The number of nitrogens with zero attached hydrogens (tertiary/aromatic N) is 1. The van der Waals surface area contributed by atoms with Gasteiger partial charge in [-0.05, 0) is 44.6 Å². The summed E-state index contributed by atoms with van der Waals surface area (Å²) in [6.07, 6.45) is 4.07. The molecule has 1 N–H and O–H groups in total. The summed E-state index contributed by atoms with van der Waals surface area (Å²) in [5, 5.41) is 8.87. The molecule has 1 aliphatic carbocycles. The maximum absolute atomic E-state index is 10.8.